The Morgan fingerprint density at radius 3 is 2.38 bits per heavy atom. The minimum absolute atomic E-state index is 0.0166. The molecule has 2 aromatic rings. The Balaban J connectivity index is 1.62. The minimum Gasteiger partial charge on any atom is -0.493 e. The van der Waals surface area contributed by atoms with Crippen LogP contribution in [0.5, 0.6) is 11.5 Å². The van der Waals surface area contributed by atoms with E-state index in [1.807, 2.05) is 18.7 Å². The number of amides is 1. The Bertz CT molecular complexity index is 760. The van der Waals surface area contributed by atoms with Crippen LogP contribution in [0.15, 0.2) is 22.7 Å². The summed E-state index contributed by atoms with van der Waals surface area (Å²) in [5.41, 5.74) is 2.69. The summed E-state index contributed by atoms with van der Waals surface area (Å²) in [7, 11) is 3.15. The van der Waals surface area contributed by atoms with Gasteiger partial charge >= 0.3 is 0 Å². The minimum atomic E-state index is 0.0166. The molecule has 140 valence electrons. The third kappa shape index (κ3) is 3.67. The maximum atomic E-state index is 12.8. The highest BCUT2D eigenvalue weighted by atomic mass is 16.5. The molecule has 1 aromatic carbocycles. The van der Waals surface area contributed by atoms with Crippen molar-refractivity contribution < 1.29 is 18.8 Å². The zero-order valence-corrected chi connectivity index (χ0v) is 15.7. The zero-order valence-electron chi connectivity index (χ0n) is 15.7. The van der Waals surface area contributed by atoms with Crippen LogP contribution >= 0.6 is 0 Å². The second-order valence-corrected chi connectivity index (χ2v) is 6.44. The number of piperazine rings is 1. The molecule has 0 saturated carbocycles. The number of nitrogens with zero attached hydrogens (tertiary/aromatic N) is 3. The molecule has 1 amide bonds. The number of ether oxygens (including phenoxy) is 2. The molecule has 0 radical (unpaired) electrons. The van der Waals surface area contributed by atoms with Crippen LogP contribution in [-0.2, 0) is 6.54 Å². The van der Waals surface area contributed by atoms with Crippen molar-refractivity contribution in [1.82, 2.24) is 15.0 Å². The average Bonchev–Trinajstić information content (AvgIpc) is 2.99. The fraction of sp³-hybridized carbons (Fsp3) is 0.474. The monoisotopic (exact) mass is 359 g/mol. The number of carbonyl (C=O) groups excluding carboxylic acids is 1. The molecular formula is C19H25N3O4. The molecule has 7 nitrogen and oxygen atoms in total. The van der Waals surface area contributed by atoms with Gasteiger partial charge in [-0.2, -0.15) is 0 Å². The molecule has 2 heterocycles. The van der Waals surface area contributed by atoms with Crippen LogP contribution in [0.1, 0.15) is 27.4 Å². The van der Waals surface area contributed by atoms with Gasteiger partial charge in [0.25, 0.3) is 5.91 Å². The molecule has 3 rings (SSSR count). The van der Waals surface area contributed by atoms with Crippen LogP contribution in [0.3, 0.4) is 0 Å². The Labute approximate surface area is 153 Å². The molecule has 1 aliphatic rings. The van der Waals surface area contributed by atoms with Crippen molar-refractivity contribution >= 4 is 5.91 Å². The average molecular weight is 359 g/mol. The van der Waals surface area contributed by atoms with E-state index in [-0.39, 0.29) is 5.91 Å². The van der Waals surface area contributed by atoms with Crippen molar-refractivity contribution in [3.05, 3.63) is 40.8 Å². The summed E-state index contributed by atoms with van der Waals surface area (Å²) in [6.07, 6.45) is 0. The smallest absolute Gasteiger partial charge is 0.254 e. The molecule has 0 bridgehead atoms. The summed E-state index contributed by atoms with van der Waals surface area (Å²) in [5, 5.41) is 4.01. The van der Waals surface area contributed by atoms with E-state index in [1.54, 1.807) is 32.4 Å². The predicted octanol–water partition coefficient (Wildman–Crippen LogP) is 2.27. The van der Waals surface area contributed by atoms with Crippen LogP contribution in [0.2, 0.25) is 0 Å². The molecule has 1 aliphatic heterocycles. The maximum absolute atomic E-state index is 12.8. The first-order valence-electron chi connectivity index (χ1n) is 8.69. The molecule has 7 heteroatoms. The SMILES string of the molecule is COc1ccc(C(=O)N2CCN(Cc3c(C)noc3C)CC2)cc1OC. The lowest BCUT2D eigenvalue weighted by Gasteiger charge is -2.34. The third-order valence-corrected chi connectivity index (χ3v) is 4.85. The maximum Gasteiger partial charge on any atom is 0.254 e. The van der Waals surface area contributed by atoms with Crippen molar-refractivity contribution in [2.24, 2.45) is 0 Å². The van der Waals surface area contributed by atoms with Gasteiger partial charge in [0.2, 0.25) is 0 Å². The van der Waals surface area contributed by atoms with Gasteiger partial charge in [-0.05, 0) is 32.0 Å². The summed E-state index contributed by atoms with van der Waals surface area (Å²) in [4.78, 5) is 17.0. The molecular weight excluding hydrogens is 334 g/mol. The predicted molar refractivity (Wildman–Crippen MR) is 96.7 cm³/mol. The van der Waals surface area contributed by atoms with Gasteiger partial charge in [-0.1, -0.05) is 5.16 Å². The van der Waals surface area contributed by atoms with Gasteiger partial charge in [0.05, 0.1) is 19.9 Å². The van der Waals surface area contributed by atoms with E-state index in [1.165, 1.54) is 0 Å². The standard InChI is InChI=1S/C19H25N3O4/c1-13-16(14(2)26-20-13)12-21-7-9-22(10-8-21)19(23)15-5-6-17(24-3)18(11-15)25-4/h5-6,11H,7-10,12H2,1-4H3. The molecule has 0 aliphatic carbocycles. The van der Waals surface area contributed by atoms with Gasteiger partial charge in [-0.3, -0.25) is 9.69 Å². The van der Waals surface area contributed by atoms with Gasteiger partial charge in [0, 0.05) is 43.9 Å². The van der Waals surface area contributed by atoms with Gasteiger partial charge in [0.1, 0.15) is 5.76 Å². The number of aromatic nitrogens is 1. The van der Waals surface area contributed by atoms with Crippen LogP contribution in [0, 0.1) is 13.8 Å². The summed E-state index contributed by atoms with van der Waals surface area (Å²) in [6.45, 7) is 7.73. The number of hydrogen-bond donors (Lipinski definition) is 0. The molecule has 1 aromatic heterocycles. The first-order valence-corrected chi connectivity index (χ1v) is 8.69. The summed E-state index contributed by atoms with van der Waals surface area (Å²) in [5.74, 6) is 2.07. The number of methoxy groups -OCH3 is 2. The van der Waals surface area contributed by atoms with Crippen molar-refractivity contribution in [1.29, 1.82) is 0 Å². The lowest BCUT2D eigenvalue weighted by atomic mass is 10.1. The van der Waals surface area contributed by atoms with Gasteiger partial charge < -0.3 is 18.9 Å². The molecule has 1 saturated heterocycles. The molecule has 0 N–H and O–H groups in total. The first kappa shape index (κ1) is 18.3. The summed E-state index contributed by atoms with van der Waals surface area (Å²) in [6, 6.07) is 5.27. The number of aryl methyl sites for hydroxylation is 2. The van der Waals surface area contributed by atoms with Crippen LogP contribution < -0.4 is 9.47 Å². The van der Waals surface area contributed by atoms with E-state index in [9.17, 15) is 4.79 Å². The number of rotatable bonds is 5. The topological polar surface area (TPSA) is 68.0 Å². The number of carbonyl (C=O) groups is 1. The normalized spacial score (nSPS) is 15.2. The summed E-state index contributed by atoms with van der Waals surface area (Å²) >= 11 is 0. The second kappa shape index (κ2) is 7.78. The first-order chi connectivity index (χ1) is 12.5. The zero-order chi connectivity index (χ0) is 18.7. The van der Waals surface area contributed by atoms with E-state index in [2.05, 4.69) is 10.1 Å². The lowest BCUT2D eigenvalue weighted by molar-refractivity contribution is 0.0627. The van der Waals surface area contributed by atoms with Crippen LogP contribution in [-0.4, -0.2) is 61.3 Å². The fourth-order valence-electron chi connectivity index (χ4n) is 3.21. The van der Waals surface area contributed by atoms with E-state index in [0.29, 0.717) is 30.2 Å². The van der Waals surface area contributed by atoms with Gasteiger partial charge in [0.15, 0.2) is 11.5 Å². The third-order valence-electron chi connectivity index (χ3n) is 4.85. The number of benzene rings is 1. The van der Waals surface area contributed by atoms with E-state index in [4.69, 9.17) is 14.0 Å². The van der Waals surface area contributed by atoms with E-state index >= 15 is 0 Å². The molecule has 0 spiro atoms. The Hall–Kier alpha value is -2.54. The molecule has 1 fully saturated rings. The van der Waals surface area contributed by atoms with Crippen molar-refractivity contribution in [3.8, 4) is 11.5 Å². The Morgan fingerprint density at radius 1 is 1.12 bits per heavy atom. The van der Waals surface area contributed by atoms with Crippen molar-refractivity contribution in [2.75, 3.05) is 40.4 Å². The molecule has 26 heavy (non-hydrogen) atoms. The lowest BCUT2D eigenvalue weighted by Crippen LogP contribution is -2.48. The van der Waals surface area contributed by atoms with E-state index in [0.717, 1.165) is 36.7 Å². The molecule has 0 atom stereocenters. The van der Waals surface area contributed by atoms with Crippen LogP contribution in [0.4, 0.5) is 0 Å². The summed E-state index contributed by atoms with van der Waals surface area (Å²) < 4.78 is 15.8. The van der Waals surface area contributed by atoms with Gasteiger partial charge in [-0.25, -0.2) is 0 Å². The quantitative estimate of drug-likeness (QED) is 0.816. The fourth-order valence-corrected chi connectivity index (χ4v) is 3.21. The Kier molecular flexibility index (Phi) is 5.46. The highest BCUT2D eigenvalue weighted by Gasteiger charge is 2.24. The van der Waals surface area contributed by atoms with Gasteiger partial charge in [-0.15, -0.1) is 0 Å². The highest BCUT2D eigenvalue weighted by molar-refractivity contribution is 5.95. The van der Waals surface area contributed by atoms with Crippen molar-refractivity contribution in [2.45, 2.75) is 20.4 Å². The Morgan fingerprint density at radius 2 is 1.81 bits per heavy atom. The number of hydrogen-bond acceptors (Lipinski definition) is 6. The van der Waals surface area contributed by atoms with Crippen LogP contribution in [0.25, 0.3) is 0 Å². The van der Waals surface area contributed by atoms with E-state index < -0.39 is 0 Å². The molecule has 0 unspecified atom stereocenters. The largest absolute Gasteiger partial charge is 0.493 e. The second-order valence-electron chi connectivity index (χ2n) is 6.44. The highest BCUT2D eigenvalue weighted by Crippen LogP contribution is 2.28. The van der Waals surface area contributed by atoms with Crippen molar-refractivity contribution in [3.63, 3.8) is 0 Å².